The summed E-state index contributed by atoms with van der Waals surface area (Å²) in [7, 11) is 0. The zero-order valence-corrected chi connectivity index (χ0v) is 13.6. The minimum Gasteiger partial charge on any atom is -0.487 e. The Morgan fingerprint density at radius 1 is 1.17 bits per heavy atom. The zero-order chi connectivity index (χ0) is 16.1. The molecule has 3 rings (SSSR count). The van der Waals surface area contributed by atoms with Crippen LogP contribution in [0.1, 0.15) is 18.2 Å². The molecule has 1 fully saturated rings. The van der Waals surface area contributed by atoms with Crippen molar-refractivity contribution < 1.29 is 9.84 Å². The minimum atomic E-state index is 0.290. The fourth-order valence-corrected chi connectivity index (χ4v) is 3.10. The van der Waals surface area contributed by atoms with Crippen molar-refractivity contribution >= 4 is 0 Å². The Hall–Kier alpha value is -1.91. The Bertz CT molecular complexity index is 601. The molecule has 23 heavy (non-hydrogen) atoms. The van der Waals surface area contributed by atoms with Gasteiger partial charge in [-0.3, -0.25) is 9.88 Å². The molecule has 1 aromatic carbocycles. The Morgan fingerprint density at radius 2 is 2.00 bits per heavy atom. The third kappa shape index (κ3) is 4.30. The van der Waals surface area contributed by atoms with Crippen LogP contribution in [0.3, 0.4) is 0 Å². The maximum Gasteiger partial charge on any atom is 0.130 e. The number of ether oxygens (including phenoxy) is 1. The Morgan fingerprint density at radius 3 is 2.65 bits per heavy atom. The van der Waals surface area contributed by atoms with Gasteiger partial charge in [0.05, 0.1) is 5.69 Å². The molecule has 1 aromatic heterocycles. The molecule has 0 saturated carbocycles. The number of likely N-dealkylation sites (tertiary alicyclic amines) is 1. The van der Waals surface area contributed by atoms with Crippen molar-refractivity contribution in [1.82, 2.24) is 9.88 Å². The van der Waals surface area contributed by atoms with Crippen molar-refractivity contribution in [3.05, 3.63) is 59.9 Å². The zero-order valence-electron chi connectivity index (χ0n) is 13.6. The molecular formula is C19H24N2O2. The molecule has 0 amide bonds. The summed E-state index contributed by atoms with van der Waals surface area (Å²) < 4.78 is 5.76. The first-order chi connectivity index (χ1) is 11.2. The van der Waals surface area contributed by atoms with Gasteiger partial charge in [-0.25, -0.2) is 0 Å². The van der Waals surface area contributed by atoms with Crippen molar-refractivity contribution in [3.63, 3.8) is 0 Å². The van der Waals surface area contributed by atoms with E-state index in [1.807, 2.05) is 30.3 Å². The van der Waals surface area contributed by atoms with Crippen LogP contribution in [0.5, 0.6) is 5.75 Å². The van der Waals surface area contributed by atoms with Crippen LogP contribution in [0.15, 0.2) is 48.7 Å². The lowest BCUT2D eigenvalue weighted by Gasteiger charge is -2.16. The lowest BCUT2D eigenvalue weighted by atomic mass is 10.00. The number of benzene rings is 1. The predicted octanol–water partition coefficient (Wildman–Crippen LogP) is 2.72. The summed E-state index contributed by atoms with van der Waals surface area (Å²) >= 11 is 0. The van der Waals surface area contributed by atoms with Crippen LogP contribution in [0.25, 0.3) is 0 Å². The molecule has 0 spiro atoms. The maximum atomic E-state index is 9.36. The molecule has 1 aliphatic rings. The summed E-state index contributed by atoms with van der Waals surface area (Å²) in [6, 6.07) is 14.1. The van der Waals surface area contributed by atoms with E-state index in [4.69, 9.17) is 4.74 Å². The summed E-state index contributed by atoms with van der Waals surface area (Å²) in [5.74, 6) is 1.85. The summed E-state index contributed by atoms with van der Waals surface area (Å²) in [5, 5.41) is 9.36. The van der Waals surface area contributed by atoms with Gasteiger partial charge in [-0.15, -0.1) is 0 Å². The number of hydrogen-bond donors (Lipinski definition) is 1. The molecule has 2 heterocycles. The number of aliphatic hydroxyl groups is 1. The predicted molar refractivity (Wildman–Crippen MR) is 90.0 cm³/mol. The number of nitrogens with zero attached hydrogens (tertiary/aromatic N) is 2. The van der Waals surface area contributed by atoms with Crippen molar-refractivity contribution in [2.75, 3.05) is 19.7 Å². The second-order valence-electron chi connectivity index (χ2n) is 6.37. The highest BCUT2D eigenvalue weighted by Gasteiger charge is 2.28. The van der Waals surface area contributed by atoms with E-state index in [1.54, 1.807) is 6.20 Å². The number of aliphatic hydroxyl groups excluding tert-OH is 1. The van der Waals surface area contributed by atoms with Crippen LogP contribution in [-0.2, 0) is 13.2 Å². The molecular weight excluding hydrogens is 288 g/mol. The smallest absolute Gasteiger partial charge is 0.130 e. The number of pyridine rings is 1. The third-order valence-corrected chi connectivity index (χ3v) is 4.52. The molecule has 4 heteroatoms. The SMILES string of the molecule is C[C@@H]1CN(Cc2ccc(OCc3ccccn3)cc2)C[C@H]1CO. The van der Waals surface area contributed by atoms with Gasteiger partial charge in [-0.05, 0) is 41.7 Å². The molecule has 1 aliphatic heterocycles. The van der Waals surface area contributed by atoms with Crippen LogP contribution in [0, 0.1) is 11.8 Å². The first-order valence-electron chi connectivity index (χ1n) is 8.19. The van der Waals surface area contributed by atoms with Crippen LogP contribution in [0.4, 0.5) is 0 Å². The quantitative estimate of drug-likeness (QED) is 0.891. The van der Waals surface area contributed by atoms with Gasteiger partial charge in [0.15, 0.2) is 0 Å². The molecule has 122 valence electrons. The molecule has 1 N–H and O–H groups in total. The highest BCUT2D eigenvalue weighted by molar-refractivity contribution is 5.27. The molecule has 0 unspecified atom stereocenters. The van der Waals surface area contributed by atoms with E-state index in [-0.39, 0.29) is 6.61 Å². The van der Waals surface area contributed by atoms with Crippen LogP contribution in [0.2, 0.25) is 0 Å². The van der Waals surface area contributed by atoms with E-state index in [9.17, 15) is 5.11 Å². The monoisotopic (exact) mass is 312 g/mol. The first-order valence-corrected chi connectivity index (χ1v) is 8.19. The Balaban J connectivity index is 1.51. The average Bonchev–Trinajstić information content (AvgIpc) is 2.94. The van der Waals surface area contributed by atoms with Crippen molar-refractivity contribution in [3.8, 4) is 5.75 Å². The van der Waals surface area contributed by atoms with Gasteiger partial charge in [0.1, 0.15) is 12.4 Å². The van der Waals surface area contributed by atoms with Crippen molar-refractivity contribution in [1.29, 1.82) is 0 Å². The van der Waals surface area contributed by atoms with Gasteiger partial charge in [-0.1, -0.05) is 25.1 Å². The van der Waals surface area contributed by atoms with E-state index in [2.05, 4.69) is 28.9 Å². The number of hydrogen-bond acceptors (Lipinski definition) is 4. The van der Waals surface area contributed by atoms with Gasteiger partial charge in [0.2, 0.25) is 0 Å². The lowest BCUT2D eigenvalue weighted by molar-refractivity contribution is 0.204. The largest absolute Gasteiger partial charge is 0.487 e. The second kappa shape index (κ2) is 7.57. The highest BCUT2D eigenvalue weighted by atomic mass is 16.5. The van der Waals surface area contributed by atoms with E-state index in [0.29, 0.717) is 18.4 Å². The molecule has 2 aromatic rings. The van der Waals surface area contributed by atoms with Crippen LogP contribution >= 0.6 is 0 Å². The van der Waals surface area contributed by atoms with Crippen LogP contribution in [-0.4, -0.2) is 34.7 Å². The fraction of sp³-hybridized carbons (Fsp3) is 0.421. The molecule has 0 aliphatic carbocycles. The van der Waals surface area contributed by atoms with E-state index in [0.717, 1.165) is 31.1 Å². The standard InChI is InChI=1S/C19H24N2O2/c1-15-10-21(12-17(15)13-22)11-16-5-7-19(8-6-16)23-14-18-4-2-3-9-20-18/h2-9,15,17,22H,10-14H2,1H3/t15-,17+/m1/s1. The topological polar surface area (TPSA) is 45.6 Å². The lowest BCUT2D eigenvalue weighted by Crippen LogP contribution is -2.20. The van der Waals surface area contributed by atoms with Crippen LogP contribution < -0.4 is 4.74 Å². The van der Waals surface area contributed by atoms with Gasteiger partial charge >= 0.3 is 0 Å². The van der Waals surface area contributed by atoms with Gasteiger partial charge in [-0.2, -0.15) is 0 Å². The average molecular weight is 312 g/mol. The minimum absolute atomic E-state index is 0.290. The molecule has 1 saturated heterocycles. The summed E-state index contributed by atoms with van der Waals surface area (Å²) in [4.78, 5) is 6.66. The van der Waals surface area contributed by atoms with E-state index >= 15 is 0 Å². The van der Waals surface area contributed by atoms with Crippen molar-refractivity contribution in [2.45, 2.75) is 20.1 Å². The normalized spacial score (nSPS) is 21.5. The molecule has 0 radical (unpaired) electrons. The summed E-state index contributed by atoms with van der Waals surface area (Å²) in [6.45, 7) is 5.97. The van der Waals surface area contributed by atoms with Crippen molar-refractivity contribution in [2.24, 2.45) is 11.8 Å². The molecule has 2 atom stereocenters. The Labute approximate surface area is 137 Å². The molecule has 4 nitrogen and oxygen atoms in total. The van der Waals surface area contributed by atoms with Gasteiger partial charge in [0, 0.05) is 32.4 Å². The maximum absolute atomic E-state index is 9.36. The fourth-order valence-electron chi connectivity index (χ4n) is 3.10. The third-order valence-electron chi connectivity index (χ3n) is 4.52. The highest BCUT2D eigenvalue weighted by Crippen LogP contribution is 2.24. The van der Waals surface area contributed by atoms with Gasteiger partial charge < -0.3 is 9.84 Å². The summed E-state index contributed by atoms with van der Waals surface area (Å²) in [6.07, 6.45) is 1.78. The summed E-state index contributed by atoms with van der Waals surface area (Å²) in [5.41, 5.74) is 2.21. The molecule has 0 bridgehead atoms. The van der Waals surface area contributed by atoms with Gasteiger partial charge in [0.25, 0.3) is 0 Å². The number of rotatable bonds is 6. The Kier molecular flexibility index (Phi) is 5.26. The first kappa shape index (κ1) is 16.0. The van der Waals surface area contributed by atoms with E-state index in [1.165, 1.54) is 5.56 Å². The van der Waals surface area contributed by atoms with E-state index < -0.39 is 0 Å². The second-order valence-corrected chi connectivity index (χ2v) is 6.37. The number of aromatic nitrogens is 1.